The van der Waals surface area contributed by atoms with Crippen LogP contribution in [0.4, 0.5) is 4.39 Å². The molecule has 17 heavy (non-hydrogen) atoms. The van der Waals surface area contributed by atoms with E-state index in [0.717, 1.165) is 17.3 Å². The van der Waals surface area contributed by atoms with Crippen LogP contribution >= 0.6 is 15.9 Å². The first-order valence-electron chi connectivity index (χ1n) is 5.78. The van der Waals surface area contributed by atoms with Crippen molar-refractivity contribution in [2.45, 2.75) is 19.3 Å². The molecule has 1 N–H and O–H groups in total. The zero-order valence-electron chi connectivity index (χ0n) is 9.59. The minimum Gasteiger partial charge on any atom is -0.396 e. The smallest absolute Gasteiger partial charge is 0.127 e. The van der Waals surface area contributed by atoms with Crippen molar-refractivity contribution in [3.05, 3.63) is 34.1 Å². The minimum atomic E-state index is -0.215. The van der Waals surface area contributed by atoms with Crippen LogP contribution in [-0.4, -0.2) is 24.9 Å². The molecule has 94 valence electrons. The average Bonchev–Trinajstić information content (AvgIpc) is 2.34. The fraction of sp³-hybridized carbons (Fsp3) is 0.538. The summed E-state index contributed by atoms with van der Waals surface area (Å²) in [6, 6.07) is 5.09. The number of aliphatic hydroxyl groups excluding tert-OH is 1. The molecule has 0 unspecified atom stereocenters. The van der Waals surface area contributed by atoms with Crippen molar-refractivity contribution in [1.29, 1.82) is 0 Å². The maximum Gasteiger partial charge on any atom is 0.127 e. The number of benzene rings is 1. The second-order valence-electron chi connectivity index (χ2n) is 4.68. The van der Waals surface area contributed by atoms with Gasteiger partial charge < -0.3 is 9.84 Å². The molecule has 0 radical (unpaired) electrons. The van der Waals surface area contributed by atoms with Crippen LogP contribution in [0, 0.1) is 11.2 Å². The quantitative estimate of drug-likeness (QED) is 0.930. The predicted molar refractivity (Wildman–Crippen MR) is 67.4 cm³/mol. The van der Waals surface area contributed by atoms with Crippen LogP contribution in [0.2, 0.25) is 0 Å². The molecular weight excluding hydrogens is 287 g/mol. The number of hydrogen-bond acceptors (Lipinski definition) is 2. The molecule has 0 aliphatic carbocycles. The number of ether oxygens (including phenoxy) is 1. The highest BCUT2D eigenvalue weighted by molar-refractivity contribution is 9.10. The molecule has 1 aromatic carbocycles. The second-order valence-corrected chi connectivity index (χ2v) is 5.60. The Morgan fingerprint density at radius 2 is 2.06 bits per heavy atom. The Hall–Kier alpha value is -0.450. The molecule has 1 aliphatic heterocycles. The van der Waals surface area contributed by atoms with E-state index >= 15 is 0 Å². The van der Waals surface area contributed by atoms with E-state index in [1.54, 1.807) is 6.07 Å². The molecular formula is C13H16BrFO2. The summed E-state index contributed by atoms with van der Waals surface area (Å²) in [6.45, 7) is 1.39. The largest absolute Gasteiger partial charge is 0.396 e. The summed E-state index contributed by atoms with van der Waals surface area (Å²) in [5, 5.41) is 9.56. The van der Waals surface area contributed by atoms with Crippen molar-refractivity contribution >= 4 is 15.9 Å². The second kappa shape index (κ2) is 5.46. The van der Waals surface area contributed by atoms with Crippen molar-refractivity contribution in [1.82, 2.24) is 0 Å². The molecule has 1 fully saturated rings. The van der Waals surface area contributed by atoms with Crippen LogP contribution in [0.3, 0.4) is 0 Å². The number of aliphatic hydroxyl groups is 1. The van der Waals surface area contributed by atoms with E-state index in [0.29, 0.717) is 25.2 Å². The molecule has 1 aromatic rings. The van der Waals surface area contributed by atoms with Crippen LogP contribution in [0.1, 0.15) is 18.4 Å². The van der Waals surface area contributed by atoms with Gasteiger partial charge in [0.05, 0.1) is 0 Å². The van der Waals surface area contributed by atoms with E-state index in [2.05, 4.69) is 15.9 Å². The molecule has 2 rings (SSSR count). The van der Waals surface area contributed by atoms with Crippen molar-refractivity contribution in [2.75, 3.05) is 19.8 Å². The Morgan fingerprint density at radius 1 is 1.35 bits per heavy atom. The monoisotopic (exact) mass is 302 g/mol. The maximum atomic E-state index is 13.8. The zero-order chi connectivity index (χ0) is 12.3. The summed E-state index contributed by atoms with van der Waals surface area (Å²) in [5.41, 5.74) is 0.455. The van der Waals surface area contributed by atoms with Gasteiger partial charge in [-0.1, -0.05) is 22.0 Å². The molecule has 2 nitrogen and oxygen atoms in total. The third-order valence-electron chi connectivity index (χ3n) is 3.47. The summed E-state index contributed by atoms with van der Waals surface area (Å²) in [6.07, 6.45) is 2.16. The lowest BCUT2D eigenvalue weighted by Gasteiger charge is -2.35. The van der Waals surface area contributed by atoms with Gasteiger partial charge in [0, 0.05) is 29.7 Å². The van der Waals surface area contributed by atoms with Crippen molar-refractivity contribution in [3.63, 3.8) is 0 Å². The molecule has 0 spiro atoms. The Bertz CT molecular complexity index is 389. The van der Waals surface area contributed by atoms with Crippen LogP contribution in [0.25, 0.3) is 0 Å². The van der Waals surface area contributed by atoms with Crippen LogP contribution in [0.15, 0.2) is 22.7 Å². The van der Waals surface area contributed by atoms with E-state index < -0.39 is 0 Å². The summed E-state index contributed by atoms with van der Waals surface area (Å²) >= 11 is 3.24. The maximum absolute atomic E-state index is 13.8. The van der Waals surface area contributed by atoms with Gasteiger partial charge in [-0.2, -0.15) is 0 Å². The van der Waals surface area contributed by atoms with Gasteiger partial charge >= 0.3 is 0 Å². The zero-order valence-corrected chi connectivity index (χ0v) is 11.2. The number of hydrogen-bond donors (Lipinski definition) is 1. The number of rotatable bonds is 3. The van der Waals surface area contributed by atoms with Gasteiger partial charge in [-0.3, -0.25) is 0 Å². The molecule has 0 bridgehead atoms. The first-order chi connectivity index (χ1) is 8.15. The lowest BCUT2D eigenvalue weighted by Crippen LogP contribution is -2.35. The van der Waals surface area contributed by atoms with Crippen LogP contribution in [-0.2, 0) is 11.2 Å². The topological polar surface area (TPSA) is 29.5 Å². The van der Waals surface area contributed by atoms with Gasteiger partial charge in [0.1, 0.15) is 5.82 Å². The highest BCUT2D eigenvalue weighted by Gasteiger charge is 2.32. The molecule has 0 atom stereocenters. The van der Waals surface area contributed by atoms with E-state index in [1.165, 1.54) is 6.07 Å². The SMILES string of the molecule is OCC1(Cc2ccc(Br)cc2F)CCOCC1. The van der Waals surface area contributed by atoms with Gasteiger partial charge in [0.15, 0.2) is 0 Å². The molecule has 0 amide bonds. The third kappa shape index (κ3) is 3.06. The summed E-state index contributed by atoms with van der Waals surface area (Å²) < 4.78 is 19.8. The Kier molecular flexibility index (Phi) is 4.17. The normalized spacial score (nSPS) is 19.2. The fourth-order valence-corrected chi connectivity index (χ4v) is 2.60. The van der Waals surface area contributed by atoms with Gasteiger partial charge in [-0.05, 0) is 37.0 Å². The van der Waals surface area contributed by atoms with Crippen LogP contribution < -0.4 is 0 Å². The van der Waals surface area contributed by atoms with E-state index in [-0.39, 0.29) is 17.8 Å². The number of halogens is 2. The van der Waals surface area contributed by atoms with Crippen molar-refractivity contribution in [3.8, 4) is 0 Å². The van der Waals surface area contributed by atoms with Crippen molar-refractivity contribution < 1.29 is 14.2 Å². The molecule has 0 saturated carbocycles. The molecule has 0 aromatic heterocycles. The molecule has 1 heterocycles. The summed E-state index contributed by atoms with van der Waals surface area (Å²) in [7, 11) is 0. The Morgan fingerprint density at radius 3 is 2.65 bits per heavy atom. The lowest BCUT2D eigenvalue weighted by molar-refractivity contribution is -0.0161. The Balaban J connectivity index is 2.17. The molecule has 1 aliphatic rings. The third-order valence-corrected chi connectivity index (χ3v) is 3.96. The lowest BCUT2D eigenvalue weighted by atomic mass is 9.76. The van der Waals surface area contributed by atoms with E-state index in [1.807, 2.05) is 6.07 Å². The summed E-state index contributed by atoms with van der Waals surface area (Å²) in [4.78, 5) is 0. The molecule has 4 heteroatoms. The highest BCUT2D eigenvalue weighted by atomic mass is 79.9. The van der Waals surface area contributed by atoms with Gasteiger partial charge in [-0.25, -0.2) is 4.39 Å². The highest BCUT2D eigenvalue weighted by Crippen LogP contribution is 2.34. The first-order valence-corrected chi connectivity index (χ1v) is 6.57. The van der Waals surface area contributed by atoms with Crippen LogP contribution in [0.5, 0.6) is 0 Å². The van der Waals surface area contributed by atoms with Crippen molar-refractivity contribution in [2.24, 2.45) is 5.41 Å². The summed E-state index contributed by atoms with van der Waals surface area (Å²) in [5.74, 6) is -0.210. The van der Waals surface area contributed by atoms with Gasteiger partial charge in [0.25, 0.3) is 0 Å². The standard InChI is InChI=1S/C13H16BrFO2/c14-11-2-1-10(12(15)7-11)8-13(9-16)3-5-17-6-4-13/h1-2,7,16H,3-6,8-9H2. The minimum absolute atomic E-state index is 0.0892. The van der Waals surface area contributed by atoms with E-state index in [9.17, 15) is 9.50 Å². The predicted octanol–water partition coefficient (Wildman–Crippen LogP) is 2.92. The van der Waals surface area contributed by atoms with E-state index in [4.69, 9.17) is 4.74 Å². The first kappa shape index (κ1) is 13.0. The average molecular weight is 303 g/mol. The fourth-order valence-electron chi connectivity index (χ4n) is 2.26. The van der Waals surface area contributed by atoms with Gasteiger partial charge in [-0.15, -0.1) is 0 Å². The Labute approximate surface area is 109 Å². The van der Waals surface area contributed by atoms with Gasteiger partial charge in [0.2, 0.25) is 0 Å². The molecule has 1 saturated heterocycles.